The van der Waals surface area contributed by atoms with Crippen molar-refractivity contribution in [1.82, 2.24) is 9.78 Å². The first-order chi connectivity index (χ1) is 6.04. The lowest BCUT2D eigenvalue weighted by atomic mass is 10.0. The quantitative estimate of drug-likeness (QED) is 0.764. The fourth-order valence-corrected chi connectivity index (χ4v) is 1.19. The molecule has 4 nitrogen and oxygen atoms in total. The van der Waals surface area contributed by atoms with Crippen molar-refractivity contribution >= 4 is 5.97 Å². The van der Waals surface area contributed by atoms with Crippen LogP contribution in [0.4, 0.5) is 4.39 Å². The number of carboxylic acids is 1. The second kappa shape index (κ2) is 3.55. The highest BCUT2D eigenvalue weighted by Crippen LogP contribution is 2.20. The first-order valence-corrected chi connectivity index (χ1v) is 3.89. The fraction of sp³-hybridized carbons (Fsp3) is 0.500. The minimum atomic E-state index is -1.88. The van der Waals surface area contributed by atoms with Gasteiger partial charge in [0.05, 0.1) is 0 Å². The predicted octanol–water partition coefficient (Wildman–Crippen LogP) is 0.946. The van der Waals surface area contributed by atoms with E-state index < -0.39 is 18.1 Å². The Morgan fingerprint density at radius 1 is 1.77 bits per heavy atom. The van der Waals surface area contributed by atoms with Crippen LogP contribution < -0.4 is 0 Å². The van der Waals surface area contributed by atoms with Crippen LogP contribution in [-0.2, 0) is 11.8 Å². The highest BCUT2D eigenvalue weighted by atomic mass is 19.1. The maximum atomic E-state index is 13.0. The van der Waals surface area contributed by atoms with Gasteiger partial charge >= 0.3 is 5.97 Å². The number of aryl methyl sites for hydroxylation is 1. The van der Waals surface area contributed by atoms with E-state index in [-0.39, 0.29) is 0 Å². The molecule has 0 radical (unpaired) electrons. The summed E-state index contributed by atoms with van der Waals surface area (Å²) < 4.78 is 14.5. The third-order valence-electron chi connectivity index (χ3n) is 2.00. The predicted molar refractivity (Wildman–Crippen MR) is 44.2 cm³/mol. The third kappa shape index (κ3) is 1.85. The first-order valence-electron chi connectivity index (χ1n) is 3.89. The molecule has 1 rings (SSSR count). The Kier molecular flexibility index (Phi) is 2.65. The van der Waals surface area contributed by atoms with Gasteiger partial charge in [-0.05, 0) is 6.07 Å². The molecule has 1 aromatic rings. The molecule has 2 atom stereocenters. The largest absolute Gasteiger partial charge is 0.479 e. The van der Waals surface area contributed by atoms with Crippen molar-refractivity contribution in [2.45, 2.75) is 19.0 Å². The number of hydrogen-bond acceptors (Lipinski definition) is 2. The Balaban J connectivity index is 2.85. The molecule has 0 fully saturated rings. The Bertz CT molecular complexity index is 311. The Labute approximate surface area is 75.0 Å². The average molecular weight is 186 g/mol. The van der Waals surface area contributed by atoms with Gasteiger partial charge in [0.1, 0.15) is 0 Å². The number of rotatable bonds is 3. The van der Waals surface area contributed by atoms with E-state index in [1.165, 1.54) is 17.8 Å². The molecule has 0 aromatic carbocycles. The zero-order valence-electron chi connectivity index (χ0n) is 7.44. The van der Waals surface area contributed by atoms with Crippen molar-refractivity contribution in [3.8, 4) is 0 Å². The van der Waals surface area contributed by atoms with Gasteiger partial charge < -0.3 is 5.11 Å². The molecule has 5 heteroatoms. The summed E-state index contributed by atoms with van der Waals surface area (Å²) in [4.78, 5) is 10.3. The lowest BCUT2D eigenvalue weighted by Gasteiger charge is -2.12. The van der Waals surface area contributed by atoms with Gasteiger partial charge in [-0.1, -0.05) is 6.92 Å². The van der Waals surface area contributed by atoms with E-state index in [1.54, 1.807) is 13.1 Å². The average Bonchev–Trinajstić information content (AvgIpc) is 2.48. The van der Waals surface area contributed by atoms with Crippen LogP contribution in [0.2, 0.25) is 0 Å². The summed E-state index contributed by atoms with van der Waals surface area (Å²) in [5, 5.41) is 12.3. The molecular formula is C8H11FN2O2. The molecule has 1 aromatic heterocycles. The van der Waals surface area contributed by atoms with Crippen LogP contribution in [0.15, 0.2) is 12.3 Å². The first kappa shape index (κ1) is 9.70. The standard InChI is InChI=1S/C8H11FN2O2/c1-5(7(9)8(12)13)6-3-4-10-11(6)2/h3-5,7H,1-2H3,(H,12,13). The number of aliphatic carboxylic acids is 1. The summed E-state index contributed by atoms with van der Waals surface area (Å²) in [6.07, 6.45) is -0.365. The minimum Gasteiger partial charge on any atom is -0.479 e. The van der Waals surface area contributed by atoms with Crippen LogP contribution in [-0.4, -0.2) is 27.0 Å². The number of alkyl halides is 1. The molecule has 0 saturated heterocycles. The van der Waals surface area contributed by atoms with Gasteiger partial charge in [-0.15, -0.1) is 0 Å². The molecular weight excluding hydrogens is 175 g/mol. The van der Waals surface area contributed by atoms with Crippen molar-refractivity contribution in [3.63, 3.8) is 0 Å². The maximum absolute atomic E-state index is 13.0. The van der Waals surface area contributed by atoms with Gasteiger partial charge in [0.25, 0.3) is 0 Å². The van der Waals surface area contributed by atoms with E-state index >= 15 is 0 Å². The molecule has 72 valence electrons. The SMILES string of the molecule is CC(c1ccnn1C)C(F)C(=O)O. The molecule has 2 unspecified atom stereocenters. The molecule has 0 bridgehead atoms. The zero-order valence-corrected chi connectivity index (χ0v) is 7.44. The molecule has 13 heavy (non-hydrogen) atoms. The molecule has 0 aliphatic carbocycles. The van der Waals surface area contributed by atoms with Gasteiger partial charge in [-0.25, -0.2) is 9.18 Å². The van der Waals surface area contributed by atoms with Gasteiger partial charge in [0, 0.05) is 24.9 Å². The molecule has 1 N–H and O–H groups in total. The van der Waals surface area contributed by atoms with E-state index in [0.29, 0.717) is 5.69 Å². The monoisotopic (exact) mass is 186 g/mol. The van der Waals surface area contributed by atoms with Crippen molar-refractivity contribution in [2.75, 3.05) is 0 Å². The maximum Gasteiger partial charge on any atom is 0.338 e. The summed E-state index contributed by atoms with van der Waals surface area (Å²) in [6.45, 7) is 1.52. The Hall–Kier alpha value is -1.39. The van der Waals surface area contributed by atoms with Gasteiger partial charge in [-0.2, -0.15) is 5.10 Å². The molecule has 0 spiro atoms. The molecule has 0 aliphatic rings. The number of halogens is 1. The van der Waals surface area contributed by atoms with Crippen molar-refractivity contribution in [1.29, 1.82) is 0 Å². The van der Waals surface area contributed by atoms with Crippen LogP contribution in [0.5, 0.6) is 0 Å². The third-order valence-corrected chi connectivity index (χ3v) is 2.00. The van der Waals surface area contributed by atoms with E-state index in [0.717, 1.165) is 0 Å². The Morgan fingerprint density at radius 3 is 2.77 bits per heavy atom. The summed E-state index contributed by atoms with van der Waals surface area (Å²) in [7, 11) is 1.65. The van der Waals surface area contributed by atoms with Crippen LogP contribution in [0.1, 0.15) is 18.5 Å². The Morgan fingerprint density at radius 2 is 2.38 bits per heavy atom. The fourth-order valence-electron chi connectivity index (χ4n) is 1.19. The second-order valence-electron chi connectivity index (χ2n) is 2.91. The summed E-state index contributed by atoms with van der Waals surface area (Å²) in [5.74, 6) is -2.11. The van der Waals surface area contributed by atoms with E-state index in [4.69, 9.17) is 5.11 Å². The van der Waals surface area contributed by atoms with Crippen LogP contribution in [0, 0.1) is 0 Å². The molecule has 0 saturated carbocycles. The van der Waals surface area contributed by atoms with Crippen LogP contribution >= 0.6 is 0 Å². The number of carboxylic acid groups (broad SMARTS) is 1. The lowest BCUT2D eigenvalue weighted by Crippen LogP contribution is -2.23. The number of nitrogens with zero attached hydrogens (tertiary/aromatic N) is 2. The van der Waals surface area contributed by atoms with Crippen molar-refractivity contribution < 1.29 is 14.3 Å². The number of aromatic nitrogens is 2. The van der Waals surface area contributed by atoms with E-state index in [9.17, 15) is 9.18 Å². The highest BCUT2D eigenvalue weighted by molar-refractivity contribution is 5.73. The zero-order chi connectivity index (χ0) is 10.0. The molecule has 0 aliphatic heterocycles. The highest BCUT2D eigenvalue weighted by Gasteiger charge is 2.26. The summed E-state index contributed by atoms with van der Waals surface area (Å²) in [5.41, 5.74) is 0.579. The van der Waals surface area contributed by atoms with Gasteiger partial charge in [0.2, 0.25) is 6.17 Å². The topological polar surface area (TPSA) is 55.1 Å². The van der Waals surface area contributed by atoms with Crippen LogP contribution in [0.25, 0.3) is 0 Å². The van der Waals surface area contributed by atoms with E-state index in [2.05, 4.69) is 5.10 Å². The smallest absolute Gasteiger partial charge is 0.338 e. The summed E-state index contributed by atoms with van der Waals surface area (Å²) in [6, 6.07) is 1.61. The van der Waals surface area contributed by atoms with E-state index in [1.807, 2.05) is 0 Å². The second-order valence-corrected chi connectivity index (χ2v) is 2.91. The molecule has 1 heterocycles. The summed E-state index contributed by atoms with van der Waals surface area (Å²) >= 11 is 0. The lowest BCUT2D eigenvalue weighted by molar-refractivity contribution is -0.143. The normalized spacial score (nSPS) is 15.3. The van der Waals surface area contributed by atoms with Gasteiger partial charge in [-0.3, -0.25) is 4.68 Å². The number of hydrogen-bond donors (Lipinski definition) is 1. The number of carbonyl (C=O) groups is 1. The molecule has 0 amide bonds. The van der Waals surface area contributed by atoms with Crippen LogP contribution in [0.3, 0.4) is 0 Å². The van der Waals surface area contributed by atoms with Crippen molar-refractivity contribution in [3.05, 3.63) is 18.0 Å². The van der Waals surface area contributed by atoms with Gasteiger partial charge in [0.15, 0.2) is 0 Å². The minimum absolute atomic E-state index is 0.579. The van der Waals surface area contributed by atoms with Crippen molar-refractivity contribution in [2.24, 2.45) is 7.05 Å².